The maximum atomic E-state index is 13.0. The monoisotopic (exact) mass is 314 g/mol. The van der Waals surface area contributed by atoms with Crippen LogP contribution in [0.15, 0.2) is 23.1 Å². The zero-order valence-electron chi connectivity index (χ0n) is 12.2. The molecule has 5 nitrogen and oxygen atoms in total. The molecule has 0 aliphatic heterocycles. The molecule has 0 aliphatic carbocycles. The summed E-state index contributed by atoms with van der Waals surface area (Å²) in [4.78, 5) is -0.251. The van der Waals surface area contributed by atoms with Crippen LogP contribution in [0.3, 0.4) is 0 Å². The van der Waals surface area contributed by atoms with E-state index in [1.165, 1.54) is 0 Å². The van der Waals surface area contributed by atoms with E-state index in [1.807, 2.05) is 13.8 Å². The summed E-state index contributed by atoms with van der Waals surface area (Å²) in [5.74, 6) is -0.667. The fourth-order valence-electron chi connectivity index (χ4n) is 2.06. The molecule has 21 heavy (non-hydrogen) atoms. The SMILES string of the molecule is CC(O)CC(C)(C)CNS(=O)(=O)c1ccc(F)cc1C#N. The van der Waals surface area contributed by atoms with Gasteiger partial charge in [-0.25, -0.2) is 17.5 Å². The number of hydrogen-bond donors (Lipinski definition) is 2. The van der Waals surface area contributed by atoms with Crippen LogP contribution in [-0.4, -0.2) is 26.2 Å². The highest BCUT2D eigenvalue weighted by Gasteiger charge is 2.25. The Morgan fingerprint density at radius 3 is 2.62 bits per heavy atom. The molecule has 7 heteroatoms. The van der Waals surface area contributed by atoms with Gasteiger partial charge in [0.1, 0.15) is 11.9 Å². The van der Waals surface area contributed by atoms with Crippen molar-refractivity contribution in [2.75, 3.05) is 6.54 Å². The van der Waals surface area contributed by atoms with E-state index in [2.05, 4.69) is 4.72 Å². The number of nitriles is 1. The topological polar surface area (TPSA) is 90.2 Å². The molecule has 0 amide bonds. The van der Waals surface area contributed by atoms with E-state index in [4.69, 9.17) is 5.26 Å². The minimum absolute atomic E-state index is 0.0997. The predicted molar refractivity (Wildman–Crippen MR) is 76.4 cm³/mol. The van der Waals surface area contributed by atoms with Crippen molar-refractivity contribution in [2.45, 2.75) is 38.2 Å². The van der Waals surface area contributed by atoms with Gasteiger partial charge in [-0.1, -0.05) is 13.8 Å². The molecule has 0 saturated heterocycles. The highest BCUT2D eigenvalue weighted by molar-refractivity contribution is 7.89. The molecule has 1 aromatic carbocycles. The second kappa shape index (κ2) is 6.52. The van der Waals surface area contributed by atoms with E-state index in [0.717, 1.165) is 18.2 Å². The molecular formula is C14H19FN2O3S. The molecular weight excluding hydrogens is 295 g/mol. The Hall–Kier alpha value is -1.49. The van der Waals surface area contributed by atoms with Crippen LogP contribution in [0, 0.1) is 22.6 Å². The Kier molecular flexibility index (Phi) is 5.45. The number of aliphatic hydroxyl groups excluding tert-OH is 1. The van der Waals surface area contributed by atoms with Gasteiger partial charge in [0.2, 0.25) is 10.0 Å². The van der Waals surface area contributed by atoms with Crippen molar-refractivity contribution in [1.29, 1.82) is 5.26 Å². The first-order valence-corrected chi connectivity index (χ1v) is 7.93. The molecule has 0 aromatic heterocycles. The Labute approximate surface area is 124 Å². The summed E-state index contributed by atoms with van der Waals surface area (Å²) in [5.41, 5.74) is -0.690. The smallest absolute Gasteiger partial charge is 0.241 e. The number of nitrogens with zero attached hydrogens (tertiary/aromatic N) is 1. The van der Waals surface area contributed by atoms with Crippen LogP contribution in [0.4, 0.5) is 4.39 Å². The summed E-state index contributed by atoms with van der Waals surface area (Å²) in [6, 6.07) is 4.62. The van der Waals surface area contributed by atoms with Gasteiger partial charge in [0, 0.05) is 6.54 Å². The number of nitrogens with one attached hydrogen (secondary N) is 1. The number of halogens is 1. The lowest BCUT2D eigenvalue weighted by Gasteiger charge is -2.26. The maximum Gasteiger partial charge on any atom is 0.241 e. The molecule has 0 aliphatic rings. The van der Waals surface area contributed by atoms with E-state index in [-0.39, 0.29) is 17.0 Å². The second-order valence-corrected chi connectivity index (χ2v) is 7.53. The van der Waals surface area contributed by atoms with Crippen LogP contribution < -0.4 is 4.72 Å². The fourth-order valence-corrected chi connectivity index (χ4v) is 3.44. The third-order valence-corrected chi connectivity index (χ3v) is 4.40. The van der Waals surface area contributed by atoms with Gasteiger partial charge >= 0.3 is 0 Å². The molecule has 0 fully saturated rings. The Morgan fingerprint density at radius 2 is 2.10 bits per heavy atom. The lowest BCUT2D eigenvalue weighted by Crippen LogP contribution is -2.36. The van der Waals surface area contributed by atoms with Crippen molar-refractivity contribution in [1.82, 2.24) is 4.72 Å². The molecule has 0 radical (unpaired) electrons. The predicted octanol–water partition coefficient (Wildman–Crippen LogP) is 1.77. The van der Waals surface area contributed by atoms with Crippen molar-refractivity contribution in [2.24, 2.45) is 5.41 Å². The molecule has 1 unspecified atom stereocenters. The minimum Gasteiger partial charge on any atom is -0.393 e. The third-order valence-electron chi connectivity index (χ3n) is 2.94. The van der Waals surface area contributed by atoms with Crippen LogP contribution in [0.2, 0.25) is 0 Å². The first-order chi connectivity index (χ1) is 9.57. The highest BCUT2D eigenvalue weighted by atomic mass is 32.2. The van der Waals surface area contributed by atoms with Gasteiger partial charge in [0.25, 0.3) is 0 Å². The molecule has 1 atom stereocenters. The molecule has 0 spiro atoms. The number of rotatable bonds is 6. The first-order valence-electron chi connectivity index (χ1n) is 6.45. The Balaban J connectivity index is 2.96. The summed E-state index contributed by atoms with van der Waals surface area (Å²) in [6.45, 7) is 5.36. The van der Waals surface area contributed by atoms with E-state index >= 15 is 0 Å². The van der Waals surface area contributed by atoms with Gasteiger partial charge < -0.3 is 5.11 Å². The van der Waals surface area contributed by atoms with Crippen LogP contribution >= 0.6 is 0 Å². The molecule has 2 N–H and O–H groups in total. The maximum absolute atomic E-state index is 13.0. The third kappa shape index (κ3) is 5.08. The van der Waals surface area contributed by atoms with Crippen molar-refractivity contribution >= 4 is 10.0 Å². The van der Waals surface area contributed by atoms with Crippen molar-refractivity contribution in [3.63, 3.8) is 0 Å². The summed E-state index contributed by atoms with van der Waals surface area (Å²) >= 11 is 0. The molecule has 1 rings (SSSR count). The van der Waals surface area contributed by atoms with E-state index in [1.54, 1.807) is 13.0 Å². The van der Waals surface area contributed by atoms with Crippen molar-refractivity contribution in [3.8, 4) is 6.07 Å². The molecule has 1 aromatic rings. The van der Waals surface area contributed by atoms with Gasteiger partial charge in [0.05, 0.1) is 16.6 Å². The number of hydrogen-bond acceptors (Lipinski definition) is 4. The Bertz CT molecular complexity index is 649. The van der Waals surface area contributed by atoms with Gasteiger partial charge in [-0.15, -0.1) is 0 Å². The van der Waals surface area contributed by atoms with Crippen LogP contribution in [0.1, 0.15) is 32.8 Å². The number of aliphatic hydroxyl groups is 1. The quantitative estimate of drug-likeness (QED) is 0.837. The van der Waals surface area contributed by atoms with Crippen molar-refractivity contribution in [3.05, 3.63) is 29.6 Å². The van der Waals surface area contributed by atoms with Crippen LogP contribution in [0.25, 0.3) is 0 Å². The molecule has 0 saturated carbocycles. The minimum atomic E-state index is -3.91. The summed E-state index contributed by atoms with van der Waals surface area (Å²) in [5, 5.41) is 18.3. The average Bonchev–Trinajstić information content (AvgIpc) is 2.34. The van der Waals surface area contributed by atoms with Crippen LogP contribution in [0.5, 0.6) is 0 Å². The lowest BCUT2D eigenvalue weighted by atomic mass is 9.87. The van der Waals surface area contributed by atoms with Gasteiger partial charge in [-0.3, -0.25) is 0 Å². The van der Waals surface area contributed by atoms with Crippen LogP contribution in [-0.2, 0) is 10.0 Å². The highest BCUT2D eigenvalue weighted by Crippen LogP contribution is 2.23. The largest absolute Gasteiger partial charge is 0.393 e. The standard InChI is InChI=1S/C14H19FN2O3S/c1-10(18)7-14(2,3)9-17-21(19,20)13-5-4-12(15)6-11(13)8-16/h4-6,10,17-18H,7,9H2,1-3H3. The number of sulfonamides is 1. The zero-order valence-corrected chi connectivity index (χ0v) is 13.0. The summed E-state index contributed by atoms with van der Waals surface area (Å²) in [6.07, 6.45) is -0.130. The first kappa shape index (κ1) is 17.6. The van der Waals surface area contributed by atoms with Crippen molar-refractivity contribution < 1.29 is 17.9 Å². The zero-order chi connectivity index (χ0) is 16.3. The normalized spacial score (nSPS) is 13.7. The Morgan fingerprint density at radius 1 is 1.48 bits per heavy atom. The van der Waals surface area contributed by atoms with E-state index < -0.39 is 27.4 Å². The van der Waals surface area contributed by atoms with Gasteiger partial charge in [-0.05, 0) is 37.0 Å². The van der Waals surface area contributed by atoms with E-state index in [0.29, 0.717) is 6.42 Å². The summed E-state index contributed by atoms with van der Waals surface area (Å²) < 4.78 is 39.9. The van der Waals surface area contributed by atoms with Gasteiger partial charge in [0.15, 0.2) is 0 Å². The molecule has 0 heterocycles. The molecule has 0 bridgehead atoms. The second-order valence-electron chi connectivity index (χ2n) is 5.79. The van der Waals surface area contributed by atoms with Gasteiger partial charge in [-0.2, -0.15) is 5.26 Å². The molecule has 116 valence electrons. The average molecular weight is 314 g/mol. The lowest BCUT2D eigenvalue weighted by molar-refractivity contribution is 0.131. The number of benzene rings is 1. The fraction of sp³-hybridized carbons (Fsp3) is 0.500. The van der Waals surface area contributed by atoms with E-state index in [9.17, 15) is 17.9 Å². The summed E-state index contributed by atoms with van der Waals surface area (Å²) in [7, 11) is -3.91.